The van der Waals surface area contributed by atoms with E-state index in [-0.39, 0.29) is 35.0 Å². The number of aliphatic imine (C=N–C) groups is 1. The molecule has 2 fully saturated rings. The van der Waals surface area contributed by atoms with Crippen molar-refractivity contribution < 1.29 is 9.59 Å². The van der Waals surface area contributed by atoms with Gasteiger partial charge in [0.05, 0.1) is 5.92 Å². The molecular weight excluding hydrogens is 252 g/mol. The van der Waals surface area contributed by atoms with Gasteiger partial charge in [0, 0.05) is 35.5 Å². The predicted octanol–water partition coefficient (Wildman–Crippen LogP) is 2.12. The highest BCUT2D eigenvalue weighted by atomic mass is 16.2. The van der Waals surface area contributed by atoms with Crippen LogP contribution >= 0.6 is 0 Å². The lowest BCUT2D eigenvalue weighted by Gasteiger charge is -2.22. The molecule has 4 nitrogen and oxygen atoms in total. The monoisotopic (exact) mass is 276 g/mol. The quantitative estimate of drug-likeness (QED) is 0.855. The van der Waals surface area contributed by atoms with Crippen molar-refractivity contribution in [3.05, 3.63) is 0 Å². The normalized spacial score (nSPS) is 34.5. The summed E-state index contributed by atoms with van der Waals surface area (Å²) < 4.78 is 0. The number of nitrogens with one attached hydrogen (secondary N) is 1. The molecule has 20 heavy (non-hydrogen) atoms. The van der Waals surface area contributed by atoms with E-state index in [1.54, 1.807) is 0 Å². The zero-order valence-electron chi connectivity index (χ0n) is 12.6. The van der Waals surface area contributed by atoms with E-state index in [0.29, 0.717) is 12.5 Å². The van der Waals surface area contributed by atoms with Crippen LogP contribution in [0.3, 0.4) is 0 Å². The molecule has 2 heterocycles. The zero-order valence-corrected chi connectivity index (χ0v) is 12.6. The summed E-state index contributed by atoms with van der Waals surface area (Å²) >= 11 is 0. The average molecular weight is 276 g/mol. The van der Waals surface area contributed by atoms with Gasteiger partial charge in [-0.05, 0) is 32.6 Å². The lowest BCUT2D eigenvalue weighted by Crippen LogP contribution is -2.33. The summed E-state index contributed by atoms with van der Waals surface area (Å²) in [4.78, 5) is 29.2. The number of Topliss-reactive ketones (excluding diaryl/α,β-unsaturated/α-hetero) is 1. The van der Waals surface area contributed by atoms with Crippen LogP contribution in [-0.2, 0) is 9.59 Å². The fraction of sp³-hybridized carbons (Fsp3) is 0.812. The second-order valence-electron chi connectivity index (χ2n) is 7.06. The second-order valence-corrected chi connectivity index (χ2v) is 7.06. The third kappa shape index (κ3) is 2.19. The molecule has 0 aromatic rings. The summed E-state index contributed by atoms with van der Waals surface area (Å²) in [6.45, 7) is 5.98. The molecule has 110 valence electrons. The molecule has 1 aliphatic carbocycles. The number of nitrogens with zero attached hydrogens (tertiary/aromatic N) is 1. The molecule has 0 aromatic heterocycles. The molecule has 1 amide bonds. The molecule has 2 aliphatic heterocycles. The molecule has 1 saturated carbocycles. The first kappa shape index (κ1) is 13.8. The van der Waals surface area contributed by atoms with Crippen molar-refractivity contribution in [2.24, 2.45) is 22.7 Å². The molecule has 1 saturated heterocycles. The number of carbonyl (C=O) groups excluding carboxylic acids is 2. The van der Waals surface area contributed by atoms with E-state index < -0.39 is 0 Å². The topological polar surface area (TPSA) is 58.5 Å². The maximum atomic E-state index is 12.4. The van der Waals surface area contributed by atoms with Crippen LogP contribution in [0.5, 0.6) is 0 Å². The maximum Gasteiger partial charge on any atom is 0.229 e. The van der Waals surface area contributed by atoms with E-state index in [2.05, 4.69) is 17.2 Å². The smallest absolute Gasteiger partial charge is 0.229 e. The summed E-state index contributed by atoms with van der Waals surface area (Å²) in [5.41, 5.74) is 0.959. The van der Waals surface area contributed by atoms with Crippen molar-refractivity contribution in [2.45, 2.75) is 64.5 Å². The Kier molecular flexibility index (Phi) is 3.22. The Hall–Kier alpha value is -1.19. The van der Waals surface area contributed by atoms with Gasteiger partial charge in [0.2, 0.25) is 5.91 Å². The highest BCUT2D eigenvalue weighted by Crippen LogP contribution is 2.52. The fourth-order valence-corrected chi connectivity index (χ4v) is 3.70. The lowest BCUT2D eigenvalue weighted by atomic mass is 9.79. The number of ketones is 1. The molecular formula is C16H24N2O2. The van der Waals surface area contributed by atoms with Crippen LogP contribution in [0.1, 0.15) is 52.9 Å². The summed E-state index contributed by atoms with van der Waals surface area (Å²) in [5, 5.41) is 3.17. The summed E-state index contributed by atoms with van der Waals surface area (Å²) in [7, 11) is 0. The van der Waals surface area contributed by atoms with Crippen LogP contribution in [-0.4, -0.2) is 29.0 Å². The maximum absolute atomic E-state index is 12.4. The molecule has 0 bridgehead atoms. The van der Waals surface area contributed by atoms with Gasteiger partial charge in [0.25, 0.3) is 0 Å². The molecule has 1 spiro atoms. The largest absolute Gasteiger partial charge is 0.350 e. The van der Waals surface area contributed by atoms with Gasteiger partial charge in [-0.1, -0.05) is 13.8 Å². The number of hydrogen-bond donors (Lipinski definition) is 1. The summed E-state index contributed by atoms with van der Waals surface area (Å²) in [5.74, 6) is 0.414. The lowest BCUT2D eigenvalue weighted by molar-refractivity contribution is -0.123. The van der Waals surface area contributed by atoms with Gasteiger partial charge in [0.1, 0.15) is 5.78 Å². The van der Waals surface area contributed by atoms with Gasteiger partial charge < -0.3 is 5.32 Å². The first-order valence-electron chi connectivity index (χ1n) is 7.84. The van der Waals surface area contributed by atoms with Gasteiger partial charge in [-0.25, -0.2) is 0 Å². The first-order chi connectivity index (χ1) is 9.43. The molecule has 0 radical (unpaired) electrons. The minimum absolute atomic E-state index is 0.0478. The summed E-state index contributed by atoms with van der Waals surface area (Å²) in [6.07, 6.45) is 4.52. The standard InChI is InChI=1S/C16H24N2O2/c1-9(2)13(19)8-11-14(12-5-4-10(3)17-12)15(20)18-16(11)6-7-16/h9-11,14H,4-8H2,1-3H3,(H,18,20)/t10-,11?,14?/m0/s1. The predicted molar refractivity (Wildman–Crippen MR) is 77.7 cm³/mol. The van der Waals surface area contributed by atoms with E-state index in [4.69, 9.17) is 0 Å². The third-order valence-electron chi connectivity index (χ3n) is 5.18. The number of carbonyl (C=O) groups is 2. The molecule has 3 rings (SSSR count). The number of hydrogen-bond acceptors (Lipinski definition) is 3. The van der Waals surface area contributed by atoms with Crippen molar-refractivity contribution in [1.29, 1.82) is 0 Å². The zero-order chi connectivity index (χ0) is 14.5. The Bertz CT molecular complexity index is 477. The highest BCUT2D eigenvalue weighted by Gasteiger charge is 2.61. The molecule has 0 aromatic carbocycles. The Morgan fingerprint density at radius 1 is 1.45 bits per heavy atom. The van der Waals surface area contributed by atoms with E-state index in [9.17, 15) is 9.59 Å². The van der Waals surface area contributed by atoms with Crippen molar-refractivity contribution in [1.82, 2.24) is 5.32 Å². The van der Waals surface area contributed by atoms with Crippen LogP contribution < -0.4 is 5.32 Å². The van der Waals surface area contributed by atoms with Crippen LogP contribution in [0.4, 0.5) is 0 Å². The molecule has 3 atom stereocenters. The van der Waals surface area contributed by atoms with Crippen LogP contribution in [0.15, 0.2) is 4.99 Å². The van der Waals surface area contributed by atoms with Gasteiger partial charge >= 0.3 is 0 Å². The Balaban J connectivity index is 1.84. The second kappa shape index (κ2) is 4.68. The molecule has 1 N–H and O–H groups in total. The van der Waals surface area contributed by atoms with E-state index in [0.717, 1.165) is 31.4 Å². The fourth-order valence-electron chi connectivity index (χ4n) is 3.70. The van der Waals surface area contributed by atoms with E-state index in [1.165, 1.54) is 0 Å². The van der Waals surface area contributed by atoms with Crippen LogP contribution in [0.25, 0.3) is 0 Å². The van der Waals surface area contributed by atoms with Crippen molar-refractivity contribution in [3.8, 4) is 0 Å². The minimum atomic E-state index is -0.148. The van der Waals surface area contributed by atoms with E-state index in [1.807, 2.05) is 13.8 Å². The van der Waals surface area contributed by atoms with Crippen LogP contribution in [0, 0.1) is 17.8 Å². The first-order valence-corrected chi connectivity index (χ1v) is 7.84. The molecule has 2 unspecified atom stereocenters. The molecule has 4 heteroatoms. The van der Waals surface area contributed by atoms with Gasteiger partial charge in [0.15, 0.2) is 0 Å². The van der Waals surface area contributed by atoms with Crippen molar-refractivity contribution in [3.63, 3.8) is 0 Å². The Morgan fingerprint density at radius 3 is 2.65 bits per heavy atom. The van der Waals surface area contributed by atoms with Crippen molar-refractivity contribution >= 4 is 17.4 Å². The van der Waals surface area contributed by atoms with Gasteiger partial charge in [-0.3, -0.25) is 14.6 Å². The Labute approximate surface area is 120 Å². The third-order valence-corrected chi connectivity index (χ3v) is 5.18. The molecule has 3 aliphatic rings. The van der Waals surface area contributed by atoms with E-state index >= 15 is 0 Å². The average Bonchev–Trinajstić information content (AvgIpc) is 2.94. The summed E-state index contributed by atoms with van der Waals surface area (Å²) in [6, 6.07) is 0.329. The Morgan fingerprint density at radius 2 is 2.15 bits per heavy atom. The number of amides is 1. The van der Waals surface area contributed by atoms with Gasteiger partial charge in [-0.2, -0.15) is 0 Å². The SMILES string of the molecule is CC(C)C(=O)CC1C(C2=N[C@@H](C)CC2)C(=O)NC12CC2. The van der Waals surface area contributed by atoms with Gasteiger partial charge in [-0.15, -0.1) is 0 Å². The van der Waals surface area contributed by atoms with Crippen LogP contribution in [0.2, 0.25) is 0 Å². The minimum Gasteiger partial charge on any atom is -0.350 e. The number of rotatable bonds is 4. The highest BCUT2D eigenvalue weighted by molar-refractivity contribution is 6.08. The van der Waals surface area contributed by atoms with Crippen molar-refractivity contribution in [2.75, 3.05) is 0 Å².